The Labute approximate surface area is 168 Å². The molecule has 1 heterocycles. The van der Waals surface area contributed by atoms with Crippen LogP contribution in [0.3, 0.4) is 0 Å². The Kier molecular flexibility index (Phi) is 6.09. The van der Waals surface area contributed by atoms with Crippen LogP contribution in [-0.2, 0) is 16.0 Å². The number of Topliss-reactive ketones (excluding diaryl/α,β-unsaturated/α-hetero) is 1. The molecule has 1 saturated heterocycles. The van der Waals surface area contributed by atoms with Crippen LogP contribution in [0.25, 0.3) is 10.8 Å². The molecule has 2 atom stereocenters. The molecule has 3 nitrogen and oxygen atoms in total. The van der Waals surface area contributed by atoms with Crippen molar-refractivity contribution >= 4 is 22.5 Å². The number of carbonyl (C=O) groups excluding carboxylic acids is 2. The highest BCUT2D eigenvalue weighted by molar-refractivity contribution is 5.86. The number of rotatable bonds is 6. The highest BCUT2D eigenvalue weighted by atomic mass is 16.2. The van der Waals surface area contributed by atoms with Crippen molar-refractivity contribution in [3.05, 3.63) is 48.0 Å². The van der Waals surface area contributed by atoms with E-state index in [4.69, 9.17) is 0 Å². The van der Waals surface area contributed by atoms with Crippen molar-refractivity contribution in [3.8, 4) is 0 Å². The standard InChI is InChI=1S/C25H31NO2/c27-23(18-19-14-15-20-7-1-2-9-22(20)17-19)11-5-13-25(28)26-16-6-10-21-8-3-4-12-24(21)26/h1-2,7,9,14-15,17,21,24H,3-6,8,10-13,16,18H2. The number of piperidine rings is 1. The summed E-state index contributed by atoms with van der Waals surface area (Å²) in [5.74, 6) is 1.23. The number of hydrogen-bond donors (Lipinski definition) is 0. The first-order valence-electron chi connectivity index (χ1n) is 11.0. The first kappa shape index (κ1) is 19.2. The number of ketones is 1. The highest BCUT2D eigenvalue weighted by Crippen LogP contribution is 2.35. The van der Waals surface area contributed by atoms with Crippen molar-refractivity contribution in [3.63, 3.8) is 0 Å². The van der Waals surface area contributed by atoms with Crippen LogP contribution >= 0.6 is 0 Å². The minimum atomic E-state index is 0.234. The second kappa shape index (κ2) is 8.89. The van der Waals surface area contributed by atoms with Gasteiger partial charge in [-0.05, 0) is 54.4 Å². The summed E-state index contributed by atoms with van der Waals surface area (Å²) < 4.78 is 0. The van der Waals surface area contributed by atoms with Gasteiger partial charge in [0.2, 0.25) is 5.91 Å². The zero-order valence-corrected chi connectivity index (χ0v) is 16.7. The van der Waals surface area contributed by atoms with Gasteiger partial charge in [-0.3, -0.25) is 9.59 Å². The van der Waals surface area contributed by atoms with E-state index in [9.17, 15) is 9.59 Å². The molecule has 0 aromatic heterocycles. The number of amides is 1. The molecule has 148 valence electrons. The second-order valence-corrected chi connectivity index (χ2v) is 8.59. The van der Waals surface area contributed by atoms with E-state index in [-0.39, 0.29) is 11.7 Å². The minimum Gasteiger partial charge on any atom is -0.339 e. The fourth-order valence-corrected chi connectivity index (χ4v) is 5.18. The molecular formula is C25H31NO2. The molecule has 2 aromatic carbocycles. The molecule has 2 aromatic rings. The summed E-state index contributed by atoms with van der Waals surface area (Å²) in [4.78, 5) is 27.3. The lowest BCUT2D eigenvalue weighted by atomic mass is 9.78. The van der Waals surface area contributed by atoms with Gasteiger partial charge in [0.15, 0.2) is 0 Å². The molecule has 28 heavy (non-hydrogen) atoms. The van der Waals surface area contributed by atoms with Crippen molar-refractivity contribution in [2.45, 2.75) is 70.3 Å². The summed E-state index contributed by atoms with van der Waals surface area (Å²) in [5.41, 5.74) is 1.07. The van der Waals surface area contributed by atoms with Crippen LogP contribution in [0, 0.1) is 5.92 Å². The van der Waals surface area contributed by atoms with Crippen molar-refractivity contribution in [2.24, 2.45) is 5.92 Å². The first-order chi connectivity index (χ1) is 13.7. The summed E-state index contributed by atoms with van der Waals surface area (Å²) in [5, 5.41) is 2.38. The molecular weight excluding hydrogens is 346 g/mol. The fourth-order valence-electron chi connectivity index (χ4n) is 5.18. The van der Waals surface area contributed by atoms with E-state index in [0.29, 0.717) is 31.7 Å². The summed E-state index contributed by atoms with van der Waals surface area (Å²) >= 11 is 0. The van der Waals surface area contributed by atoms with Crippen LogP contribution in [0.15, 0.2) is 42.5 Å². The number of benzene rings is 2. The minimum absolute atomic E-state index is 0.234. The molecule has 1 aliphatic heterocycles. The summed E-state index contributed by atoms with van der Waals surface area (Å²) in [6.45, 7) is 0.922. The number of nitrogens with zero attached hydrogens (tertiary/aromatic N) is 1. The monoisotopic (exact) mass is 377 g/mol. The summed E-state index contributed by atoms with van der Waals surface area (Å²) in [7, 11) is 0. The molecule has 1 saturated carbocycles. The molecule has 1 amide bonds. The first-order valence-corrected chi connectivity index (χ1v) is 11.0. The normalized spacial score (nSPS) is 22.1. The van der Waals surface area contributed by atoms with E-state index in [2.05, 4.69) is 29.2 Å². The molecule has 0 radical (unpaired) electrons. The van der Waals surface area contributed by atoms with Crippen LogP contribution in [0.5, 0.6) is 0 Å². The van der Waals surface area contributed by atoms with Gasteiger partial charge in [-0.25, -0.2) is 0 Å². The van der Waals surface area contributed by atoms with E-state index in [1.807, 2.05) is 18.2 Å². The second-order valence-electron chi connectivity index (χ2n) is 8.59. The third-order valence-corrected chi connectivity index (χ3v) is 6.62. The molecule has 0 N–H and O–H groups in total. The van der Waals surface area contributed by atoms with Crippen LogP contribution in [0.4, 0.5) is 0 Å². The molecule has 3 heteroatoms. The lowest BCUT2D eigenvalue weighted by Crippen LogP contribution is -2.49. The topological polar surface area (TPSA) is 37.4 Å². The third-order valence-electron chi connectivity index (χ3n) is 6.62. The lowest BCUT2D eigenvalue weighted by molar-refractivity contribution is -0.137. The van der Waals surface area contributed by atoms with Gasteiger partial charge in [-0.2, -0.15) is 0 Å². The molecule has 2 unspecified atom stereocenters. The number of likely N-dealkylation sites (tertiary alicyclic amines) is 1. The Hall–Kier alpha value is -2.16. The number of fused-ring (bicyclic) bond motifs is 2. The van der Waals surface area contributed by atoms with Gasteiger partial charge in [-0.1, -0.05) is 55.3 Å². The molecule has 4 rings (SSSR count). The van der Waals surface area contributed by atoms with Gasteiger partial charge in [-0.15, -0.1) is 0 Å². The number of hydrogen-bond acceptors (Lipinski definition) is 2. The van der Waals surface area contributed by atoms with Gasteiger partial charge < -0.3 is 4.90 Å². The van der Waals surface area contributed by atoms with E-state index in [1.165, 1.54) is 42.9 Å². The maximum absolute atomic E-state index is 12.8. The quantitative estimate of drug-likeness (QED) is 0.685. The lowest BCUT2D eigenvalue weighted by Gasteiger charge is -2.44. The fraction of sp³-hybridized carbons (Fsp3) is 0.520. The highest BCUT2D eigenvalue weighted by Gasteiger charge is 2.35. The van der Waals surface area contributed by atoms with Crippen molar-refractivity contribution in [1.82, 2.24) is 4.90 Å². The summed E-state index contributed by atoms with van der Waals surface area (Å²) in [6, 6.07) is 14.9. The average Bonchev–Trinajstić information content (AvgIpc) is 2.73. The van der Waals surface area contributed by atoms with Crippen molar-refractivity contribution in [1.29, 1.82) is 0 Å². The zero-order valence-electron chi connectivity index (χ0n) is 16.7. The maximum Gasteiger partial charge on any atom is 0.222 e. The molecule has 2 fully saturated rings. The molecule has 0 spiro atoms. The van der Waals surface area contributed by atoms with Gasteiger partial charge in [0.05, 0.1) is 0 Å². The van der Waals surface area contributed by atoms with Crippen LogP contribution < -0.4 is 0 Å². The Morgan fingerprint density at radius 1 is 0.893 bits per heavy atom. The Balaban J connectivity index is 1.25. The van der Waals surface area contributed by atoms with Gasteiger partial charge in [0, 0.05) is 31.8 Å². The SMILES string of the molecule is O=C(CCCC(=O)N1CCCC2CCCCC21)Cc1ccc2ccccc2c1. The predicted octanol–water partition coefficient (Wildman–Crippen LogP) is 5.30. The van der Waals surface area contributed by atoms with Gasteiger partial charge in [0.25, 0.3) is 0 Å². The van der Waals surface area contributed by atoms with Crippen molar-refractivity contribution < 1.29 is 9.59 Å². The van der Waals surface area contributed by atoms with Gasteiger partial charge >= 0.3 is 0 Å². The Morgan fingerprint density at radius 3 is 2.57 bits per heavy atom. The van der Waals surface area contributed by atoms with E-state index in [1.54, 1.807) is 0 Å². The summed E-state index contributed by atoms with van der Waals surface area (Å²) in [6.07, 6.45) is 9.66. The average molecular weight is 378 g/mol. The van der Waals surface area contributed by atoms with Gasteiger partial charge in [0.1, 0.15) is 5.78 Å². The molecule has 2 aliphatic rings. The predicted molar refractivity (Wildman–Crippen MR) is 113 cm³/mol. The smallest absolute Gasteiger partial charge is 0.222 e. The maximum atomic E-state index is 12.8. The Morgan fingerprint density at radius 2 is 1.68 bits per heavy atom. The molecule has 1 aliphatic carbocycles. The third kappa shape index (κ3) is 4.45. The van der Waals surface area contributed by atoms with Crippen molar-refractivity contribution in [2.75, 3.05) is 6.54 Å². The van der Waals surface area contributed by atoms with E-state index >= 15 is 0 Å². The Bertz CT molecular complexity index is 841. The van der Waals surface area contributed by atoms with Crippen LogP contribution in [0.1, 0.15) is 63.4 Å². The van der Waals surface area contributed by atoms with E-state index < -0.39 is 0 Å². The van der Waals surface area contributed by atoms with Crippen LogP contribution in [0.2, 0.25) is 0 Å². The largest absolute Gasteiger partial charge is 0.339 e. The van der Waals surface area contributed by atoms with E-state index in [0.717, 1.165) is 24.4 Å². The number of carbonyl (C=O) groups is 2. The van der Waals surface area contributed by atoms with Crippen LogP contribution in [-0.4, -0.2) is 29.2 Å². The molecule has 0 bridgehead atoms. The zero-order chi connectivity index (χ0) is 19.3.